The molecule has 0 aliphatic rings. The van der Waals surface area contributed by atoms with Gasteiger partial charge in [0.15, 0.2) is 0 Å². The number of hydrogen-bond acceptors (Lipinski definition) is 1. The molecule has 0 unspecified atom stereocenters. The van der Waals surface area contributed by atoms with Crippen molar-refractivity contribution in [2.45, 2.75) is 20.3 Å². The number of hydrogen-bond donors (Lipinski definition) is 0. The fraction of sp³-hybridized carbons (Fsp3) is 0.250. The molecule has 0 atom stereocenters. The van der Waals surface area contributed by atoms with Gasteiger partial charge in [-0.1, -0.05) is 30.3 Å². The van der Waals surface area contributed by atoms with Crippen molar-refractivity contribution in [2.75, 3.05) is 0 Å². The van der Waals surface area contributed by atoms with Crippen molar-refractivity contribution in [1.29, 1.82) is 5.26 Å². The first kappa shape index (κ1) is 9.54. The number of benzene rings is 1. The summed E-state index contributed by atoms with van der Waals surface area (Å²) < 4.78 is 0. The summed E-state index contributed by atoms with van der Waals surface area (Å²) in [5.41, 5.74) is 4.27. The Hall–Kier alpha value is -1.55. The van der Waals surface area contributed by atoms with E-state index in [4.69, 9.17) is 5.26 Å². The minimum atomic E-state index is 0.619. The van der Waals surface area contributed by atoms with E-state index in [1.54, 1.807) is 0 Å². The molecule has 0 spiro atoms. The van der Waals surface area contributed by atoms with Crippen molar-refractivity contribution in [1.82, 2.24) is 0 Å². The standard InChI is InChI=1S/C12H13N/c1-9-4-5-11(3)12(6-9)7-10(2)8-13/h4-6H,2,7H2,1,3H3. The summed E-state index contributed by atoms with van der Waals surface area (Å²) in [7, 11) is 0. The van der Waals surface area contributed by atoms with Gasteiger partial charge in [0, 0.05) is 12.0 Å². The molecular formula is C12H13N. The lowest BCUT2D eigenvalue weighted by Crippen LogP contribution is -1.91. The Bertz CT molecular complexity index is 369. The van der Waals surface area contributed by atoms with Gasteiger partial charge >= 0.3 is 0 Å². The van der Waals surface area contributed by atoms with Crippen LogP contribution in [-0.2, 0) is 6.42 Å². The molecule has 1 nitrogen and oxygen atoms in total. The first-order chi connectivity index (χ1) is 6.13. The Labute approximate surface area is 79.3 Å². The summed E-state index contributed by atoms with van der Waals surface area (Å²) in [6.07, 6.45) is 0.671. The van der Waals surface area contributed by atoms with Crippen molar-refractivity contribution in [3.8, 4) is 6.07 Å². The van der Waals surface area contributed by atoms with Crippen LogP contribution in [0.15, 0.2) is 30.4 Å². The number of nitriles is 1. The molecule has 0 saturated carbocycles. The smallest absolute Gasteiger partial charge is 0.0944 e. The highest BCUT2D eigenvalue weighted by Gasteiger charge is 2.00. The quantitative estimate of drug-likeness (QED) is 0.627. The zero-order valence-electron chi connectivity index (χ0n) is 8.09. The van der Waals surface area contributed by atoms with Crippen LogP contribution in [0, 0.1) is 25.2 Å². The highest BCUT2D eigenvalue weighted by molar-refractivity contribution is 5.35. The van der Waals surface area contributed by atoms with E-state index in [9.17, 15) is 0 Å². The molecule has 0 radical (unpaired) electrons. The van der Waals surface area contributed by atoms with E-state index in [2.05, 4.69) is 44.7 Å². The summed E-state index contributed by atoms with van der Waals surface area (Å²) in [4.78, 5) is 0. The first-order valence-corrected chi connectivity index (χ1v) is 4.27. The average molecular weight is 171 g/mol. The van der Waals surface area contributed by atoms with Crippen LogP contribution >= 0.6 is 0 Å². The monoisotopic (exact) mass is 171 g/mol. The third-order valence-electron chi connectivity index (χ3n) is 2.07. The second-order valence-corrected chi connectivity index (χ2v) is 3.32. The van der Waals surface area contributed by atoms with Gasteiger partial charge in [-0.15, -0.1) is 0 Å². The van der Waals surface area contributed by atoms with Gasteiger partial charge in [0.2, 0.25) is 0 Å². The molecule has 0 aliphatic heterocycles. The summed E-state index contributed by atoms with van der Waals surface area (Å²) >= 11 is 0. The Morgan fingerprint density at radius 3 is 2.77 bits per heavy atom. The highest BCUT2D eigenvalue weighted by atomic mass is 14.2. The Morgan fingerprint density at radius 1 is 1.46 bits per heavy atom. The molecule has 0 amide bonds. The molecule has 0 heterocycles. The Balaban J connectivity index is 2.95. The lowest BCUT2D eigenvalue weighted by atomic mass is 10.00. The van der Waals surface area contributed by atoms with Crippen molar-refractivity contribution in [3.63, 3.8) is 0 Å². The van der Waals surface area contributed by atoms with Crippen LogP contribution in [-0.4, -0.2) is 0 Å². The van der Waals surface area contributed by atoms with Gasteiger partial charge in [-0.3, -0.25) is 0 Å². The van der Waals surface area contributed by atoms with Gasteiger partial charge in [-0.05, 0) is 25.0 Å². The summed E-state index contributed by atoms with van der Waals surface area (Å²) in [6.45, 7) is 7.79. The Morgan fingerprint density at radius 2 is 2.15 bits per heavy atom. The van der Waals surface area contributed by atoms with Crippen molar-refractivity contribution in [2.24, 2.45) is 0 Å². The third-order valence-corrected chi connectivity index (χ3v) is 2.07. The predicted octanol–water partition coefficient (Wildman–Crippen LogP) is 2.93. The number of allylic oxidation sites excluding steroid dienone is 1. The van der Waals surface area contributed by atoms with E-state index in [0.29, 0.717) is 12.0 Å². The van der Waals surface area contributed by atoms with Crippen molar-refractivity contribution < 1.29 is 0 Å². The van der Waals surface area contributed by atoms with Crippen LogP contribution < -0.4 is 0 Å². The van der Waals surface area contributed by atoms with E-state index in [1.807, 2.05) is 0 Å². The van der Waals surface area contributed by atoms with Gasteiger partial charge in [0.05, 0.1) is 6.07 Å². The number of nitrogens with zero attached hydrogens (tertiary/aromatic N) is 1. The molecule has 0 fully saturated rings. The number of rotatable bonds is 2. The predicted molar refractivity (Wildman–Crippen MR) is 54.4 cm³/mol. The maximum absolute atomic E-state index is 8.61. The molecular weight excluding hydrogens is 158 g/mol. The van der Waals surface area contributed by atoms with E-state index >= 15 is 0 Å². The van der Waals surface area contributed by atoms with E-state index in [1.165, 1.54) is 16.7 Å². The normalized spacial score (nSPS) is 9.31. The fourth-order valence-electron chi connectivity index (χ4n) is 1.26. The molecule has 66 valence electrons. The van der Waals surface area contributed by atoms with Gasteiger partial charge < -0.3 is 0 Å². The minimum absolute atomic E-state index is 0.619. The maximum Gasteiger partial charge on any atom is 0.0944 e. The van der Waals surface area contributed by atoms with Gasteiger partial charge in [-0.25, -0.2) is 0 Å². The molecule has 1 rings (SSSR count). The van der Waals surface area contributed by atoms with Crippen LogP contribution in [0.2, 0.25) is 0 Å². The molecule has 0 N–H and O–H groups in total. The van der Waals surface area contributed by atoms with Crippen LogP contribution in [0.3, 0.4) is 0 Å². The van der Waals surface area contributed by atoms with Gasteiger partial charge in [0.25, 0.3) is 0 Å². The molecule has 0 bridgehead atoms. The molecule has 1 heteroatoms. The lowest BCUT2D eigenvalue weighted by molar-refractivity contribution is 1.15. The zero-order chi connectivity index (χ0) is 9.84. The number of aryl methyl sites for hydroxylation is 2. The molecule has 1 aromatic carbocycles. The van der Waals surface area contributed by atoms with Gasteiger partial charge in [-0.2, -0.15) is 5.26 Å². The fourth-order valence-corrected chi connectivity index (χ4v) is 1.26. The first-order valence-electron chi connectivity index (χ1n) is 4.27. The van der Waals surface area contributed by atoms with Gasteiger partial charge in [0.1, 0.15) is 0 Å². The lowest BCUT2D eigenvalue weighted by Gasteiger charge is -2.04. The minimum Gasteiger partial charge on any atom is -0.193 e. The van der Waals surface area contributed by atoms with Crippen LogP contribution in [0.5, 0.6) is 0 Å². The summed E-state index contributed by atoms with van der Waals surface area (Å²) in [5.74, 6) is 0. The van der Waals surface area contributed by atoms with Crippen LogP contribution in [0.25, 0.3) is 0 Å². The molecule has 1 aromatic rings. The topological polar surface area (TPSA) is 23.8 Å². The molecule has 0 saturated heterocycles. The van der Waals surface area contributed by atoms with E-state index < -0.39 is 0 Å². The second kappa shape index (κ2) is 3.91. The van der Waals surface area contributed by atoms with Crippen LogP contribution in [0.1, 0.15) is 16.7 Å². The van der Waals surface area contributed by atoms with Crippen LogP contribution in [0.4, 0.5) is 0 Å². The SMILES string of the molecule is C=C(C#N)Cc1cc(C)ccc1C. The van der Waals surface area contributed by atoms with E-state index in [-0.39, 0.29) is 0 Å². The average Bonchev–Trinajstić information content (AvgIpc) is 2.11. The van der Waals surface area contributed by atoms with E-state index in [0.717, 1.165) is 0 Å². The zero-order valence-corrected chi connectivity index (χ0v) is 8.09. The summed E-state index contributed by atoms with van der Waals surface area (Å²) in [6, 6.07) is 8.33. The maximum atomic E-state index is 8.61. The van der Waals surface area contributed by atoms with Crippen molar-refractivity contribution >= 4 is 0 Å². The highest BCUT2D eigenvalue weighted by Crippen LogP contribution is 2.13. The summed E-state index contributed by atoms with van der Waals surface area (Å²) in [5, 5.41) is 8.61. The van der Waals surface area contributed by atoms with Crippen molar-refractivity contribution in [3.05, 3.63) is 47.0 Å². The molecule has 13 heavy (non-hydrogen) atoms. The molecule has 0 aromatic heterocycles. The third kappa shape index (κ3) is 2.45. The second-order valence-electron chi connectivity index (χ2n) is 3.32. The Kier molecular flexibility index (Phi) is 2.87. The largest absolute Gasteiger partial charge is 0.193 e. The molecule has 0 aliphatic carbocycles.